The van der Waals surface area contributed by atoms with E-state index in [9.17, 15) is 0 Å². The lowest BCUT2D eigenvalue weighted by molar-refractivity contribution is 0.196. The van der Waals surface area contributed by atoms with Crippen molar-refractivity contribution in [3.63, 3.8) is 0 Å². The summed E-state index contributed by atoms with van der Waals surface area (Å²) in [6.07, 6.45) is 1.30. The van der Waals surface area contributed by atoms with Gasteiger partial charge in [0.2, 0.25) is 0 Å². The van der Waals surface area contributed by atoms with Gasteiger partial charge < -0.3 is 15.0 Å². The highest BCUT2D eigenvalue weighted by atomic mass is 16.5. The van der Waals surface area contributed by atoms with Crippen LogP contribution in [0.3, 0.4) is 0 Å². The molecule has 2 saturated heterocycles. The van der Waals surface area contributed by atoms with E-state index in [0.717, 1.165) is 24.9 Å². The molecular weight excluding hydrogens is 238 g/mol. The standard InChI is InChI=1S/C15H23N3O/c1-19-15-4-2-3-13(11-15)17-7-9-18(10-8-17)14-5-6-16-12-14/h2-4,11,14,16H,5-10,12H2,1H3. The minimum Gasteiger partial charge on any atom is -0.497 e. The summed E-state index contributed by atoms with van der Waals surface area (Å²) in [7, 11) is 1.73. The van der Waals surface area contributed by atoms with Gasteiger partial charge in [-0.05, 0) is 25.1 Å². The van der Waals surface area contributed by atoms with E-state index in [2.05, 4.69) is 33.3 Å². The molecule has 1 N–H and O–H groups in total. The second kappa shape index (κ2) is 5.80. The van der Waals surface area contributed by atoms with Crippen LogP contribution in [-0.2, 0) is 0 Å². The Morgan fingerprint density at radius 1 is 1.21 bits per heavy atom. The van der Waals surface area contributed by atoms with Crippen LogP contribution in [0.15, 0.2) is 24.3 Å². The first-order valence-corrected chi connectivity index (χ1v) is 7.20. The molecule has 0 aromatic heterocycles. The fourth-order valence-electron chi connectivity index (χ4n) is 3.10. The van der Waals surface area contributed by atoms with Crippen LogP contribution in [0.4, 0.5) is 5.69 Å². The van der Waals surface area contributed by atoms with Crippen LogP contribution in [0, 0.1) is 0 Å². The molecule has 4 heteroatoms. The number of nitrogens with zero attached hydrogens (tertiary/aromatic N) is 2. The molecule has 19 heavy (non-hydrogen) atoms. The van der Waals surface area contributed by atoms with Gasteiger partial charge in [0.05, 0.1) is 7.11 Å². The summed E-state index contributed by atoms with van der Waals surface area (Å²) in [6, 6.07) is 9.14. The molecule has 1 atom stereocenters. The summed E-state index contributed by atoms with van der Waals surface area (Å²) in [6.45, 7) is 6.92. The Labute approximate surface area is 115 Å². The average Bonchev–Trinajstić information content (AvgIpc) is 3.02. The van der Waals surface area contributed by atoms with Crippen LogP contribution in [0.2, 0.25) is 0 Å². The SMILES string of the molecule is COc1cccc(N2CCN(C3CCNC3)CC2)c1. The van der Waals surface area contributed by atoms with Gasteiger partial charge in [-0.3, -0.25) is 4.90 Å². The van der Waals surface area contributed by atoms with Crippen LogP contribution in [0.25, 0.3) is 0 Å². The van der Waals surface area contributed by atoms with E-state index in [4.69, 9.17) is 4.74 Å². The molecule has 2 heterocycles. The van der Waals surface area contributed by atoms with Crippen molar-refractivity contribution < 1.29 is 4.74 Å². The number of hydrogen-bond donors (Lipinski definition) is 1. The minimum atomic E-state index is 0.757. The maximum Gasteiger partial charge on any atom is 0.120 e. The number of anilines is 1. The first kappa shape index (κ1) is 12.8. The zero-order valence-electron chi connectivity index (χ0n) is 11.6. The number of nitrogens with one attached hydrogen (secondary N) is 1. The van der Waals surface area contributed by atoms with Crippen molar-refractivity contribution in [1.82, 2.24) is 10.2 Å². The summed E-state index contributed by atoms with van der Waals surface area (Å²) in [5.41, 5.74) is 1.28. The third-order valence-electron chi connectivity index (χ3n) is 4.28. The monoisotopic (exact) mass is 261 g/mol. The number of ether oxygens (including phenoxy) is 1. The molecule has 1 unspecified atom stereocenters. The van der Waals surface area contributed by atoms with E-state index in [0.29, 0.717) is 0 Å². The molecule has 1 aromatic carbocycles. The molecule has 2 fully saturated rings. The van der Waals surface area contributed by atoms with Crippen LogP contribution < -0.4 is 15.0 Å². The van der Waals surface area contributed by atoms with E-state index in [-0.39, 0.29) is 0 Å². The molecule has 0 radical (unpaired) electrons. The highest BCUT2D eigenvalue weighted by Gasteiger charge is 2.26. The molecular formula is C15H23N3O. The van der Waals surface area contributed by atoms with Gasteiger partial charge in [-0.25, -0.2) is 0 Å². The predicted octanol–water partition coefficient (Wildman–Crippen LogP) is 1.18. The Morgan fingerprint density at radius 2 is 2.05 bits per heavy atom. The van der Waals surface area contributed by atoms with Crippen LogP contribution >= 0.6 is 0 Å². The number of benzene rings is 1. The maximum atomic E-state index is 5.30. The highest BCUT2D eigenvalue weighted by Crippen LogP contribution is 2.23. The first-order chi connectivity index (χ1) is 9.36. The second-order valence-corrected chi connectivity index (χ2v) is 5.37. The summed E-state index contributed by atoms with van der Waals surface area (Å²) < 4.78 is 5.30. The fraction of sp³-hybridized carbons (Fsp3) is 0.600. The Morgan fingerprint density at radius 3 is 2.74 bits per heavy atom. The Bertz CT molecular complexity index is 410. The van der Waals surface area contributed by atoms with Crippen molar-refractivity contribution in [2.24, 2.45) is 0 Å². The Balaban J connectivity index is 1.59. The van der Waals surface area contributed by atoms with Crippen molar-refractivity contribution in [1.29, 1.82) is 0 Å². The lowest BCUT2D eigenvalue weighted by Crippen LogP contribution is -2.51. The zero-order chi connectivity index (χ0) is 13.1. The van der Waals surface area contributed by atoms with Gasteiger partial charge in [0, 0.05) is 50.5 Å². The number of methoxy groups -OCH3 is 1. The topological polar surface area (TPSA) is 27.7 Å². The van der Waals surface area contributed by atoms with Crippen molar-refractivity contribution in [3.05, 3.63) is 24.3 Å². The predicted molar refractivity (Wildman–Crippen MR) is 78.1 cm³/mol. The van der Waals surface area contributed by atoms with Gasteiger partial charge in [0.25, 0.3) is 0 Å². The van der Waals surface area contributed by atoms with Crippen LogP contribution in [-0.4, -0.2) is 57.3 Å². The minimum absolute atomic E-state index is 0.757. The van der Waals surface area contributed by atoms with Crippen LogP contribution in [0.1, 0.15) is 6.42 Å². The van der Waals surface area contributed by atoms with Crippen LogP contribution in [0.5, 0.6) is 5.75 Å². The van der Waals surface area contributed by atoms with E-state index < -0.39 is 0 Å². The number of rotatable bonds is 3. The molecule has 4 nitrogen and oxygen atoms in total. The third kappa shape index (κ3) is 2.85. The molecule has 0 aliphatic carbocycles. The van der Waals surface area contributed by atoms with Crippen molar-refractivity contribution in [2.75, 3.05) is 51.3 Å². The lowest BCUT2D eigenvalue weighted by atomic mass is 10.1. The summed E-state index contributed by atoms with van der Waals surface area (Å²) >= 11 is 0. The molecule has 2 aliphatic heterocycles. The second-order valence-electron chi connectivity index (χ2n) is 5.37. The average molecular weight is 261 g/mol. The molecule has 0 amide bonds. The van der Waals surface area contributed by atoms with Crippen molar-refractivity contribution >= 4 is 5.69 Å². The summed E-state index contributed by atoms with van der Waals surface area (Å²) in [5, 5.41) is 3.46. The summed E-state index contributed by atoms with van der Waals surface area (Å²) in [4.78, 5) is 5.10. The number of hydrogen-bond acceptors (Lipinski definition) is 4. The maximum absolute atomic E-state index is 5.30. The molecule has 104 valence electrons. The molecule has 2 aliphatic rings. The normalized spacial score (nSPS) is 24.7. The Hall–Kier alpha value is -1.26. The fourth-order valence-corrected chi connectivity index (χ4v) is 3.10. The lowest BCUT2D eigenvalue weighted by Gasteiger charge is -2.39. The van der Waals surface area contributed by atoms with E-state index in [1.54, 1.807) is 7.11 Å². The van der Waals surface area contributed by atoms with Gasteiger partial charge in [0.15, 0.2) is 0 Å². The molecule has 0 spiro atoms. The Kier molecular flexibility index (Phi) is 3.89. The van der Waals surface area contributed by atoms with E-state index in [1.807, 2.05) is 6.07 Å². The highest BCUT2D eigenvalue weighted by molar-refractivity contribution is 5.51. The summed E-state index contributed by atoms with van der Waals surface area (Å²) in [5.74, 6) is 0.944. The largest absolute Gasteiger partial charge is 0.497 e. The zero-order valence-corrected chi connectivity index (χ0v) is 11.6. The molecule has 0 saturated carbocycles. The molecule has 1 aromatic rings. The van der Waals surface area contributed by atoms with Gasteiger partial charge in [-0.1, -0.05) is 6.07 Å². The van der Waals surface area contributed by atoms with Gasteiger partial charge >= 0.3 is 0 Å². The van der Waals surface area contributed by atoms with Crippen molar-refractivity contribution in [2.45, 2.75) is 12.5 Å². The van der Waals surface area contributed by atoms with Gasteiger partial charge in [0.1, 0.15) is 5.75 Å². The van der Waals surface area contributed by atoms with Crippen molar-refractivity contribution in [3.8, 4) is 5.75 Å². The smallest absolute Gasteiger partial charge is 0.120 e. The van der Waals surface area contributed by atoms with Gasteiger partial charge in [-0.2, -0.15) is 0 Å². The quantitative estimate of drug-likeness (QED) is 0.884. The van der Waals surface area contributed by atoms with Gasteiger partial charge in [-0.15, -0.1) is 0 Å². The number of piperazine rings is 1. The van der Waals surface area contributed by atoms with E-state index >= 15 is 0 Å². The molecule has 3 rings (SSSR count). The molecule has 0 bridgehead atoms. The van der Waals surface area contributed by atoms with E-state index in [1.165, 1.54) is 38.3 Å². The third-order valence-corrected chi connectivity index (χ3v) is 4.28. The first-order valence-electron chi connectivity index (χ1n) is 7.20.